The van der Waals surface area contributed by atoms with Crippen molar-refractivity contribution in [2.75, 3.05) is 25.0 Å². The number of hydrogen-bond acceptors (Lipinski definition) is 7. The Balaban J connectivity index is 2.11. The number of amides is 1. The van der Waals surface area contributed by atoms with Crippen LogP contribution in [0.15, 0.2) is 27.5 Å². The van der Waals surface area contributed by atoms with Gasteiger partial charge >= 0.3 is 5.97 Å². The third-order valence-electron chi connectivity index (χ3n) is 4.06. The van der Waals surface area contributed by atoms with Crippen molar-refractivity contribution < 1.29 is 27.8 Å². The molecule has 0 spiro atoms. The summed E-state index contributed by atoms with van der Waals surface area (Å²) < 4.78 is 38.5. The highest BCUT2D eigenvalue weighted by atomic mass is 79.9. The van der Waals surface area contributed by atoms with Crippen LogP contribution in [0.1, 0.15) is 32.4 Å². The van der Waals surface area contributed by atoms with Crippen molar-refractivity contribution in [1.29, 1.82) is 0 Å². The van der Waals surface area contributed by atoms with E-state index in [2.05, 4.69) is 36.3 Å². The summed E-state index contributed by atoms with van der Waals surface area (Å²) in [7, 11) is 0. The van der Waals surface area contributed by atoms with E-state index in [1.165, 1.54) is 17.6 Å². The van der Waals surface area contributed by atoms with Gasteiger partial charge in [-0.05, 0) is 41.9 Å². The Labute approximate surface area is 191 Å². The van der Waals surface area contributed by atoms with Crippen molar-refractivity contribution in [3.63, 3.8) is 0 Å². The van der Waals surface area contributed by atoms with Gasteiger partial charge in [0, 0.05) is 37.7 Å². The van der Waals surface area contributed by atoms with Crippen molar-refractivity contribution in [2.24, 2.45) is 0 Å². The van der Waals surface area contributed by atoms with Crippen LogP contribution in [0.25, 0.3) is 0 Å². The molecule has 0 bridgehead atoms. The van der Waals surface area contributed by atoms with Gasteiger partial charge < -0.3 is 20.1 Å². The number of aromatic nitrogens is 2. The molecule has 1 heterocycles. The molecular weight excluding hydrogens is 494 g/mol. The van der Waals surface area contributed by atoms with E-state index in [1.54, 1.807) is 13.8 Å². The number of rotatable bonds is 10. The first-order chi connectivity index (χ1) is 15.1. The second-order valence-corrected chi connectivity index (χ2v) is 7.70. The van der Waals surface area contributed by atoms with Gasteiger partial charge in [-0.2, -0.15) is 4.98 Å². The van der Waals surface area contributed by atoms with E-state index in [0.717, 1.165) is 12.1 Å². The fourth-order valence-electron chi connectivity index (χ4n) is 2.57. The first kappa shape index (κ1) is 25.2. The molecule has 0 fully saturated rings. The molecule has 174 valence electrons. The van der Waals surface area contributed by atoms with Crippen molar-refractivity contribution in [2.45, 2.75) is 33.4 Å². The molecule has 2 rings (SSSR count). The molecule has 32 heavy (non-hydrogen) atoms. The number of nitrogens with one attached hydrogen (secondary N) is 2. The van der Waals surface area contributed by atoms with Crippen molar-refractivity contribution in [1.82, 2.24) is 14.9 Å². The standard InChI is InChI=1S/C20H23BrF2N4O5/c1-11(2)27-19(30)17(21)18(32-9-13-4-5-14(22)8-15(13)23)26-20(27)25-7-6-24-16(29)10-31-12(3)28/h4-5,8,11H,6-7,9-10H2,1-3H3,(H,24,29)(H,25,26). The molecule has 0 unspecified atom stereocenters. The van der Waals surface area contributed by atoms with Crippen LogP contribution < -0.4 is 20.9 Å². The average molecular weight is 517 g/mol. The Morgan fingerprint density at radius 1 is 1.25 bits per heavy atom. The van der Waals surface area contributed by atoms with Crippen LogP contribution in [0.2, 0.25) is 0 Å². The average Bonchev–Trinajstić information content (AvgIpc) is 2.71. The van der Waals surface area contributed by atoms with Crippen molar-refractivity contribution >= 4 is 33.8 Å². The highest BCUT2D eigenvalue weighted by molar-refractivity contribution is 9.10. The van der Waals surface area contributed by atoms with E-state index in [1.807, 2.05) is 0 Å². The molecule has 2 N–H and O–H groups in total. The molecule has 1 aromatic heterocycles. The zero-order chi connectivity index (χ0) is 23.8. The molecule has 1 aromatic carbocycles. The van der Waals surface area contributed by atoms with Gasteiger partial charge in [0.1, 0.15) is 22.7 Å². The molecule has 1 amide bonds. The molecule has 0 atom stereocenters. The van der Waals surface area contributed by atoms with E-state index in [0.29, 0.717) is 0 Å². The summed E-state index contributed by atoms with van der Waals surface area (Å²) in [6.07, 6.45) is 0. The van der Waals surface area contributed by atoms with Crippen LogP contribution in [0.5, 0.6) is 5.88 Å². The highest BCUT2D eigenvalue weighted by Crippen LogP contribution is 2.24. The number of benzene rings is 1. The monoisotopic (exact) mass is 516 g/mol. The Kier molecular flexibility index (Phi) is 9.12. The fraction of sp³-hybridized carbons (Fsp3) is 0.400. The van der Waals surface area contributed by atoms with Gasteiger partial charge in [0.05, 0.1) is 0 Å². The molecule has 0 radical (unpaired) electrons. The van der Waals surface area contributed by atoms with E-state index in [4.69, 9.17) is 4.74 Å². The number of anilines is 1. The maximum Gasteiger partial charge on any atom is 0.303 e. The number of esters is 1. The second kappa shape index (κ2) is 11.6. The van der Waals surface area contributed by atoms with E-state index in [9.17, 15) is 23.2 Å². The maximum atomic E-state index is 13.9. The number of halogens is 3. The van der Waals surface area contributed by atoms with E-state index in [-0.39, 0.29) is 54.2 Å². The summed E-state index contributed by atoms with van der Waals surface area (Å²) in [6.45, 7) is 4.49. The predicted octanol–water partition coefficient (Wildman–Crippen LogP) is 2.54. The number of hydrogen-bond donors (Lipinski definition) is 2. The normalized spacial score (nSPS) is 10.7. The zero-order valence-electron chi connectivity index (χ0n) is 17.7. The Hall–Kier alpha value is -3.02. The molecule has 0 aliphatic carbocycles. The van der Waals surface area contributed by atoms with Crippen LogP contribution >= 0.6 is 15.9 Å². The molecule has 12 heteroatoms. The van der Waals surface area contributed by atoms with Crippen molar-refractivity contribution in [3.8, 4) is 5.88 Å². The third-order valence-corrected chi connectivity index (χ3v) is 4.74. The summed E-state index contributed by atoms with van der Waals surface area (Å²) in [5.41, 5.74) is -0.330. The first-order valence-electron chi connectivity index (χ1n) is 9.62. The molecule has 2 aromatic rings. The Bertz CT molecular complexity index is 1050. The minimum Gasteiger partial charge on any atom is -0.472 e. The molecule has 0 aliphatic heterocycles. The minimum atomic E-state index is -0.778. The smallest absolute Gasteiger partial charge is 0.303 e. The lowest BCUT2D eigenvalue weighted by Crippen LogP contribution is -2.34. The number of ether oxygens (including phenoxy) is 2. The van der Waals surface area contributed by atoms with Crippen LogP contribution in [-0.2, 0) is 20.9 Å². The Morgan fingerprint density at radius 3 is 2.59 bits per heavy atom. The number of nitrogens with zero attached hydrogens (tertiary/aromatic N) is 2. The zero-order valence-corrected chi connectivity index (χ0v) is 19.3. The highest BCUT2D eigenvalue weighted by Gasteiger charge is 2.18. The van der Waals surface area contributed by atoms with Gasteiger partial charge in [0.15, 0.2) is 6.61 Å². The molecule has 0 saturated heterocycles. The van der Waals surface area contributed by atoms with Crippen LogP contribution in [0.3, 0.4) is 0 Å². The van der Waals surface area contributed by atoms with Gasteiger partial charge in [-0.1, -0.05) is 0 Å². The fourth-order valence-corrected chi connectivity index (χ4v) is 2.97. The maximum absolute atomic E-state index is 13.9. The number of carbonyl (C=O) groups is 2. The second-order valence-electron chi connectivity index (χ2n) is 6.90. The topological polar surface area (TPSA) is 112 Å². The summed E-state index contributed by atoms with van der Waals surface area (Å²) in [5.74, 6) is -2.42. The predicted molar refractivity (Wildman–Crippen MR) is 115 cm³/mol. The molecule has 0 saturated carbocycles. The largest absolute Gasteiger partial charge is 0.472 e. The summed E-state index contributed by atoms with van der Waals surface area (Å²) in [6, 6.07) is 2.83. The summed E-state index contributed by atoms with van der Waals surface area (Å²) >= 11 is 3.17. The van der Waals surface area contributed by atoms with Gasteiger partial charge in [-0.3, -0.25) is 19.0 Å². The minimum absolute atomic E-state index is 0.0500. The van der Waals surface area contributed by atoms with Gasteiger partial charge in [0.25, 0.3) is 11.5 Å². The van der Waals surface area contributed by atoms with Crippen LogP contribution in [0, 0.1) is 11.6 Å². The summed E-state index contributed by atoms with van der Waals surface area (Å²) in [5, 5.41) is 5.49. The third kappa shape index (κ3) is 7.01. The number of carbonyl (C=O) groups excluding carboxylic acids is 2. The van der Waals surface area contributed by atoms with Crippen molar-refractivity contribution in [3.05, 3.63) is 50.2 Å². The lowest BCUT2D eigenvalue weighted by Gasteiger charge is -2.19. The quantitative estimate of drug-likeness (QED) is 0.368. The van der Waals surface area contributed by atoms with Crippen LogP contribution in [-0.4, -0.2) is 41.1 Å². The van der Waals surface area contributed by atoms with Gasteiger partial charge in [-0.15, -0.1) is 0 Å². The molecular formula is C20H23BrF2N4O5. The Morgan fingerprint density at radius 2 is 1.97 bits per heavy atom. The SMILES string of the molecule is CC(=O)OCC(=O)NCCNc1nc(OCc2ccc(F)cc2F)c(Br)c(=O)n1C(C)C. The first-order valence-corrected chi connectivity index (χ1v) is 10.4. The molecule has 9 nitrogen and oxygen atoms in total. The lowest BCUT2D eigenvalue weighted by atomic mass is 10.2. The molecule has 0 aliphatic rings. The van der Waals surface area contributed by atoms with Gasteiger partial charge in [0.2, 0.25) is 11.8 Å². The van der Waals surface area contributed by atoms with Crippen LogP contribution in [0.4, 0.5) is 14.7 Å². The van der Waals surface area contributed by atoms with E-state index >= 15 is 0 Å². The van der Waals surface area contributed by atoms with E-state index < -0.39 is 29.1 Å². The lowest BCUT2D eigenvalue weighted by molar-refractivity contribution is -0.146. The van der Waals surface area contributed by atoms with Gasteiger partial charge in [-0.25, -0.2) is 8.78 Å². The summed E-state index contributed by atoms with van der Waals surface area (Å²) in [4.78, 5) is 39.4.